The van der Waals surface area contributed by atoms with Crippen LogP contribution in [0.4, 0.5) is 0 Å². The van der Waals surface area contributed by atoms with E-state index < -0.39 is 6.10 Å². The number of fused-ring (bicyclic) bond motifs is 1. The molecule has 0 aliphatic rings. The molecule has 0 saturated heterocycles. The molecule has 2 rings (SSSR count). The maximum Gasteiger partial charge on any atom is 0.180 e. The molecule has 16 heavy (non-hydrogen) atoms. The van der Waals surface area contributed by atoms with E-state index in [1.807, 2.05) is 18.2 Å². The van der Waals surface area contributed by atoms with E-state index in [1.165, 1.54) is 0 Å². The van der Waals surface area contributed by atoms with Crippen LogP contribution in [0.15, 0.2) is 40.1 Å². The molecule has 1 aromatic carbocycles. The van der Waals surface area contributed by atoms with Crippen LogP contribution < -0.4 is 10.5 Å². The zero-order valence-electron chi connectivity index (χ0n) is 8.75. The minimum atomic E-state index is -0.513. The summed E-state index contributed by atoms with van der Waals surface area (Å²) in [7, 11) is 0. The SMILES string of the molecule is CC(Oc1cccc2ccoc12)/C(N)=N\O. The van der Waals surface area contributed by atoms with Crippen LogP contribution in [0.3, 0.4) is 0 Å². The van der Waals surface area contributed by atoms with Gasteiger partial charge in [0.05, 0.1) is 6.26 Å². The predicted octanol–water partition coefficient (Wildman–Crippen LogP) is 1.95. The number of nitrogens with zero attached hydrogens (tertiary/aromatic N) is 1. The third kappa shape index (κ3) is 1.79. The molecule has 1 unspecified atom stereocenters. The van der Waals surface area contributed by atoms with E-state index in [9.17, 15) is 0 Å². The number of hydrogen-bond donors (Lipinski definition) is 2. The van der Waals surface area contributed by atoms with Crippen molar-refractivity contribution in [1.82, 2.24) is 0 Å². The van der Waals surface area contributed by atoms with Crippen molar-refractivity contribution in [2.45, 2.75) is 13.0 Å². The molecule has 84 valence electrons. The Bertz CT molecular complexity index is 519. The maximum atomic E-state index is 8.52. The molecule has 5 heteroatoms. The Hall–Kier alpha value is -2.17. The standard InChI is InChI=1S/C11H12N2O3/c1-7(11(12)13-14)16-9-4-2-3-8-5-6-15-10(8)9/h2-7,14H,1H3,(H2,12,13). The van der Waals surface area contributed by atoms with Crippen molar-refractivity contribution >= 4 is 16.8 Å². The molecule has 1 aromatic heterocycles. The molecule has 0 amide bonds. The average Bonchev–Trinajstić information content (AvgIpc) is 2.77. The van der Waals surface area contributed by atoms with Crippen molar-refractivity contribution < 1.29 is 14.4 Å². The summed E-state index contributed by atoms with van der Waals surface area (Å²) in [5.41, 5.74) is 6.08. The molecule has 0 saturated carbocycles. The number of oxime groups is 1. The smallest absolute Gasteiger partial charge is 0.180 e. The number of benzene rings is 1. The van der Waals surface area contributed by atoms with Gasteiger partial charge in [0.2, 0.25) is 0 Å². The summed E-state index contributed by atoms with van der Waals surface area (Å²) in [4.78, 5) is 0. The minimum Gasteiger partial charge on any atom is -0.479 e. The Morgan fingerprint density at radius 2 is 2.31 bits per heavy atom. The highest BCUT2D eigenvalue weighted by molar-refractivity contribution is 5.86. The van der Waals surface area contributed by atoms with Crippen LogP contribution in [-0.4, -0.2) is 17.1 Å². The second kappa shape index (κ2) is 4.14. The Kier molecular flexibility index (Phi) is 2.68. The number of ether oxygens (including phenoxy) is 1. The summed E-state index contributed by atoms with van der Waals surface area (Å²) in [5, 5.41) is 12.4. The Balaban J connectivity index is 2.30. The summed E-state index contributed by atoms with van der Waals surface area (Å²) in [6, 6.07) is 7.38. The lowest BCUT2D eigenvalue weighted by Gasteiger charge is -2.12. The van der Waals surface area contributed by atoms with E-state index >= 15 is 0 Å². The van der Waals surface area contributed by atoms with Gasteiger partial charge in [-0.3, -0.25) is 0 Å². The fourth-order valence-corrected chi connectivity index (χ4v) is 1.39. The summed E-state index contributed by atoms with van der Waals surface area (Å²) in [6.07, 6.45) is 1.08. The number of rotatable bonds is 3. The fraction of sp³-hybridized carbons (Fsp3) is 0.182. The van der Waals surface area contributed by atoms with E-state index in [0.29, 0.717) is 11.3 Å². The van der Waals surface area contributed by atoms with E-state index in [1.54, 1.807) is 19.3 Å². The maximum absolute atomic E-state index is 8.52. The van der Waals surface area contributed by atoms with E-state index in [-0.39, 0.29) is 5.84 Å². The van der Waals surface area contributed by atoms with E-state index in [0.717, 1.165) is 5.39 Å². The molecular weight excluding hydrogens is 208 g/mol. The van der Waals surface area contributed by atoms with Gasteiger partial charge in [0, 0.05) is 5.39 Å². The van der Waals surface area contributed by atoms with Crippen LogP contribution in [-0.2, 0) is 0 Å². The summed E-state index contributed by atoms with van der Waals surface area (Å²) >= 11 is 0. The summed E-state index contributed by atoms with van der Waals surface area (Å²) < 4.78 is 10.8. The summed E-state index contributed by atoms with van der Waals surface area (Å²) in [5.74, 6) is 0.588. The topological polar surface area (TPSA) is 81.0 Å². The van der Waals surface area contributed by atoms with Gasteiger partial charge in [-0.2, -0.15) is 0 Å². The first kappa shape index (κ1) is 10.4. The molecule has 5 nitrogen and oxygen atoms in total. The van der Waals surface area contributed by atoms with Crippen molar-refractivity contribution in [3.8, 4) is 5.75 Å². The molecule has 2 aromatic rings. The third-order valence-corrected chi connectivity index (χ3v) is 2.28. The zero-order valence-corrected chi connectivity index (χ0v) is 8.75. The summed E-state index contributed by atoms with van der Waals surface area (Å²) in [6.45, 7) is 1.69. The second-order valence-electron chi connectivity index (χ2n) is 3.38. The number of hydrogen-bond acceptors (Lipinski definition) is 4. The quantitative estimate of drug-likeness (QED) is 0.358. The molecule has 1 heterocycles. The molecule has 0 fully saturated rings. The highest BCUT2D eigenvalue weighted by Crippen LogP contribution is 2.26. The van der Waals surface area contributed by atoms with Crippen LogP contribution >= 0.6 is 0 Å². The lowest BCUT2D eigenvalue weighted by molar-refractivity contribution is 0.265. The van der Waals surface area contributed by atoms with Crippen molar-refractivity contribution in [2.75, 3.05) is 0 Å². The first-order valence-corrected chi connectivity index (χ1v) is 4.82. The first-order valence-electron chi connectivity index (χ1n) is 4.82. The van der Waals surface area contributed by atoms with Gasteiger partial charge < -0.3 is 20.1 Å². The minimum absolute atomic E-state index is 0.0172. The third-order valence-electron chi connectivity index (χ3n) is 2.28. The predicted molar refractivity (Wildman–Crippen MR) is 59.7 cm³/mol. The number of amidine groups is 1. The van der Waals surface area contributed by atoms with Crippen LogP contribution in [0.2, 0.25) is 0 Å². The Morgan fingerprint density at radius 3 is 3.06 bits per heavy atom. The lowest BCUT2D eigenvalue weighted by atomic mass is 10.2. The Morgan fingerprint density at radius 1 is 1.50 bits per heavy atom. The highest BCUT2D eigenvalue weighted by Gasteiger charge is 2.12. The molecule has 0 radical (unpaired) electrons. The number of nitrogens with two attached hydrogens (primary N) is 1. The van der Waals surface area contributed by atoms with Crippen molar-refractivity contribution in [1.29, 1.82) is 0 Å². The van der Waals surface area contributed by atoms with Gasteiger partial charge in [-0.15, -0.1) is 0 Å². The van der Waals surface area contributed by atoms with Gasteiger partial charge in [0.15, 0.2) is 23.3 Å². The normalized spacial score (nSPS) is 13.9. The van der Waals surface area contributed by atoms with Crippen molar-refractivity contribution in [3.63, 3.8) is 0 Å². The Labute approximate surface area is 92.1 Å². The van der Waals surface area contributed by atoms with Gasteiger partial charge >= 0.3 is 0 Å². The monoisotopic (exact) mass is 220 g/mol. The van der Waals surface area contributed by atoms with Gasteiger partial charge in [-0.1, -0.05) is 17.3 Å². The first-order chi connectivity index (χ1) is 7.72. The largest absolute Gasteiger partial charge is 0.479 e. The molecule has 0 aliphatic heterocycles. The van der Waals surface area contributed by atoms with Crippen LogP contribution in [0.25, 0.3) is 11.0 Å². The van der Waals surface area contributed by atoms with Crippen molar-refractivity contribution in [3.05, 3.63) is 30.5 Å². The zero-order chi connectivity index (χ0) is 11.5. The van der Waals surface area contributed by atoms with Gasteiger partial charge in [-0.05, 0) is 19.1 Å². The number of furan rings is 1. The number of para-hydroxylation sites is 1. The van der Waals surface area contributed by atoms with Crippen LogP contribution in [0.5, 0.6) is 5.75 Å². The molecule has 0 aliphatic carbocycles. The molecule has 0 bridgehead atoms. The molecular formula is C11H12N2O3. The van der Waals surface area contributed by atoms with Gasteiger partial charge in [0.1, 0.15) is 0 Å². The lowest BCUT2D eigenvalue weighted by Crippen LogP contribution is -2.31. The molecule has 3 N–H and O–H groups in total. The van der Waals surface area contributed by atoms with E-state index in [4.69, 9.17) is 20.1 Å². The second-order valence-corrected chi connectivity index (χ2v) is 3.38. The molecule has 1 atom stereocenters. The fourth-order valence-electron chi connectivity index (χ4n) is 1.39. The van der Waals surface area contributed by atoms with Gasteiger partial charge in [-0.25, -0.2) is 0 Å². The molecule has 0 spiro atoms. The highest BCUT2D eigenvalue weighted by atomic mass is 16.5. The van der Waals surface area contributed by atoms with Gasteiger partial charge in [0.25, 0.3) is 0 Å². The van der Waals surface area contributed by atoms with Crippen LogP contribution in [0, 0.1) is 0 Å². The average molecular weight is 220 g/mol. The van der Waals surface area contributed by atoms with E-state index in [2.05, 4.69) is 5.16 Å². The van der Waals surface area contributed by atoms with Crippen molar-refractivity contribution in [2.24, 2.45) is 10.9 Å². The van der Waals surface area contributed by atoms with Crippen LogP contribution in [0.1, 0.15) is 6.92 Å².